The number of anilines is 1. The second-order valence-electron chi connectivity index (χ2n) is 6.93. The number of imidazole rings is 1. The Morgan fingerprint density at radius 2 is 1.88 bits per heavy atom. The number of carbonyl (C=O) groups is 1. The number of nitrogens with one attached hydrogen (secondary N) is 1. The molecular weight excluding hydrogens is 469 g/mol. The number of halogens is 6. The van der Waals surface area contributed by atoms with Crippen molar-refractivity contribution in [2.45, 2.75) is 12.8 Å². The Morgan fingerprint density at radius 1 is 1.09 bits per heavy atom. The molecule has 0 aliphatic heterocycles. The minimum Gasteiger partial charge on any atom is -0.403 e. The van der Waals surface area contributed by atoms with E-state index in [4.69, 9.17) is 11.6 Å². The molecule has 0 atom stereocenters. The fourth-order valence-electron chi connectivity index (χ4n) is 3.25. The van der Waals surface area contributed by atoms with Crippen molar-refractivity contribution in [3.8, 4) is 17.0 Å². The van der Waals surface area contributed by atoms with Crippen LogP contribution in [-0.2, 0) is 11.2 Å². The largest absolute Gasteiger partial charge is 0.573 e. The molecule has 0 aliphatic carbocycles. The number of pyridine rings is 1. The van der Waals surface area contributed by atoms with Gasteiger partial charge in [-0.25, -0.2) is 13.8 Å². The van der Waals surface area contributed by atoms with Gasteiger partial charge in [0.2, 0.25) is 5.91 Å². The predicted molar refractivity (Wildman–Crippen MR) is 111 cm³/mol. The second kappa shape index (κ2) is 8.70. The summed E-state index contributed by atoms with van der Waals surface area (Å²) in [5.41, 5.74) is 0.955. The number of fused-ring (bicyclic) bond motifs is 1. The second-order valence-corrected chi connectivity index (χ2v) is 7.37. The zero-order chi connectivity index (χ0) is 23.8. The summed E-state index contributed by atoms with van der Waals surface area (Å²) < 4.78 is 70.5. The first kappa shape index (κ1) is 22.5. The zero-order valence-electron chi connectivity index (χ0n) is 16.5. The summed E-state index contributed by atoms with van der Waals surface area (Å²) in [5.74, 6) is -3.49. The first-order valence-electron chi connectivity index (χ1n) is 9.36. The molecule has 2 aromatic carbocycles. The molecule has 0 saturated carbocycles. The van der Waals surface area contributed by atoms with E-state index in [2.05, 4.69) is 15.0 Å². The molecule has 11 heteroatoms. The lowest BCUT2D eigenvalue weighted by Crippen LogP contribution is -2.18. The average Bonchev–Trinajstić information content (AvgIpc) is 3.05. The van der Waals surface area contributed by atoms with Crippen molar-refractivity contribution in [2.75, 3.05) is 5.32 Å². The summed E-state index contributed by atoms with van der Waals surface area (Å²) in [5, 5.41) is 3.03. The summed E-state index contributed by atoms with van der Waals surface area (Å²) in [4.78, 5) is 16.8. The molecule has 4 aromatic rings. The van der Waals surface area contributed by atoms with Crippen LogP contribution in [0.25, 0.3) is 16.9 Å². The third-order valence-electron chi connectivity index (χ3n) is 4.52. The molecule has 33 heavy (non-hydrogen) atoms. The maximum absolute atomic E-state index is 14.3. The van der Waals surface area contributed by atoms with E-state index in [-0.39, 0.29) is 29.1 Å². The molecule has 170 valence electrons. The van der Waals surface area contributed by atoms with E-state index in [1.54, 1.807) is 24.3 Å². The molecule has 0 fully saturated rings. The Kier molecular flexibility index (Phi) is 5.94. The Hall–Kier alpha value is -3.66. The standard InChI is InChI=1S/C22H13ClF5N3O2/c23-14-3-1-2-12(8-14)9-19(32)30-21-20(31-11-15(24)5-7-18(31)29-21)13-4-6-17(16(25)10-13)33-22(26,27)28/h1-8,10-11H,9H2,(H,30,32). The first-order chi connectivity index (χ1) is 15.6. The third-order valence-corrected chi connectivity index (χ3v) is 4.76. The first-order valence-corrected chi connectivity index (χ1v) is 9.74. The van der Waals surface area contributed by atoms with Crippen LogP contribution in [0, 0.1) is 11.6 Å². The van der Waals surface area contributed by atoms with Gasteiger partial charge in [0.1, 0.15) is 11.5 Å². The minimum absolute atomic E-state index is 0.0310. The number of aromatic nitrogens is 2. The molecule has 5 nitrogen and oxygen atoms in total. The number of hydrogen-bond acceptors (Lipinski definition) is 3. The van der Waals surface area contributed by atoms with Gasteiger partial charge in [-0.15, -0.1) is 13.2 Å². The Bertz CT molecular complexity index is 1350. The van der Waals surface area contributed by atoms with Crippen LogP contribution in [-0.4, -0.2) is 21.7 Å². The zero-order valence-corrected chi connectivity index (χ0v) is 17.2. The van der Waals surface area contributed by atoms with Crippen molar-refractivity contribution >= 4 is 29.0 Å². The highest BCUT2D eigenvalue weighted by molar-refractivity contribution is 6.30. The van der Waals surface area contributed by atoms with E-state index >= 15 is 0 Å². The van der Waals surface area contributed by atoms with Crippen molar-refractivity contribution in [3.05, 3.63) is 83.0 Å². The Balaban J connectivity index is 1.72. The SMILES string of the molecule is O=C(Cc1cccc(Cl)c1)Nc1nc2ccc(F)cn2c1-c1ccc(OC(F)(F)F)c(F)c1. The van der Waals surface area contributed by atoms with E-state index < -0.39 is 29.7 Å². The molecule has 2 heterocycles. The average molecular weight is 482 g/mol. The van der Waals surface area contributed by atoms with Gasteiger partial charge >= 0.3 is 6.36 Å². The van der Waals surface area contributed by atoms with Crippen molar-refractivity contribution in [1.82, 2.24) is 9.38 Å². The summed E-state index contributed by atoms with van der Waals surface area (Å²) in [6.45, 7) is 0. The van der Waals surface area contributed by atoms with Crippen molar-refractivity contribution in [2.24, 2.45) is 0 Å². The number of hydrogen-bond donors (Lipinski definition) is 1. The van der Waals surface area contributed by atoms with Crippen LogP contribution in [0.2, 0.25) is 5.02 Å². The van der Waals surface area contributed by atoms with Crippen LogP contribution in [0.1, 0.15) is 5.56 Å². The maximum atomic E-state index is 14.3. The summed E-state index contributed by atoms with van der Waals surface area (Å²) >= 11 is 5.93. The molecule has 0 saturated heterocycles. The molecule has 0 radical (unpaired) electrons. The van der Waals surface area contributed by atoms with Gasteiger partial charge in [-0.2, -0.15) is 0 Å². The summed E-state index contributed by atoms with van der Waals surface area (Å²) in [6.07, 6.45) is -4.08. The van der Waals surface area contributed by atoms with Crippen LogP contribution in [0.5, 0.6) is 5.75 Å². The lowest BCUT2D eigenvalue weighted by atomic mass is 10.1. The van der Waals surface area contributed by atoms with E-state index in [0.29, 0.717) is 10.6 Å². The highest BCUT2D eigenvalue weighted by Gasteiger charge is 2.32. The number of nitrogens with zero attached hydrogens (tertiary/aromatic N) is 2. The van der Waals surface area contributed by atoms with Crippen molar-refractivity contribution < 1.29 is 31.5 Å². The highest BCUT2D eigenvalue weighted by atomic mass is 35.5. The normalized spacial score (nSPS) is 11.6. The molecule has 0 bridgehead atoms. The van der Waals surface area contributed by atoms with Gasteiger partial charge in [0.25, 0.3) is 0 Å². The third kappa shape index (κ3) is 5.23. The molecule has 1 N–H and O–H groups in total. The van der Waals surface area contributed by atoms with Gasteiger partial charge in [-0.1, -0.05) is 23.7 Å². The topological polar surface area (TPSA) is 55.6 Å². The molecule has 2 aromatic heterocycles. The molecule has 0 unspecified atom stereocenters. The number of benzene rings is 2. The Labute approximate surface area is 188 Å². The minimum atomic E-state index is -5.08. The molecule has 0 spiro atoms. The van der Waals surface area contributed by atoms with Crippen LogP contribution in [0.3, 0.4) is 0 Å². The van der Waals surface area contributed by atoms with Gasteiger partial charge < -0.3 is 10.1 Å². The predicted octanol–water partition coefficient (Wildman–Crippen LogP) is 6.01. The van der Waals surface area contributed by atoms with Crippen molar-refractivity contribution in [1.29, 1.82) is 0 Å². The molecular formula is C22H13ClF5N3O2. The Morgan fingerprint density at radius 3 is 2.58 bits per heavy atom. The summed E-state index contributed by atoms with van der Waals surface area (Å²) in [6, 6.07) is 11.8. The number of ether oxygens (including phenoxy) is 1. The van der Waals surface area contributed by atoms with Gasteiger partial charge in [-0.05, 0) is 48.0 Å². The van der Waals surface area contributed by atoms with Crippen LogP contribution >= 0.6 is 11.6 Å². The van der Waals surface area contributed by atoms with E-state index in [1.807, 2.05) is 0 Å². The van der Waals surface area contributed by atoms with Gasteiger partial charge in [0, 0.05) is 16.8 Å². The van der Waals surface area contributed by atoms with Crippen molar-refractivity contribution in [3.63, 3.8) is 0 Å². The van der Waals surface area contributed by atoms with E-state index in [9.17, 15) is 26.7 Å². The fraction of sp³-hybridized carbons (Fsp3) is 0.0909. The molecule has 1 amide bonds. The van der Waals surface area contributed by atoms with E-state index in [1.165, 1.54) is 10.5 Å². The molecule has 4 rings (SSSR count). The van der Waals surface area contributed by atoms with Crippen LogP contribution in [0.4, 0.5) is 27.8 Å². The van der Waals surface area contributed by atoms with Gasteiger partial charge in [0.15, 0.2) is 17.4 Å². The van der Waals surface area contributed by atoms with Gasteiger partial charge in [0.05, 0.1) is 12.1 Å². The van der Waals surface area contributed by atoms with E-state index in [0.717, 1.165) is 30.5 Å². The number of rotatable bonds is 5. The monoisotopic (exact) mass is 481 g/mol. The maximum Gasteiger partial charge on any atom is 0.573 e. The molecule has 0 aliphatic rings. The quantitative estimate of drug-likeness (QED) is 0.355. The fourth-order valence-corrected chi connectivity index (χ4v) is 3.46. The lowest BCUT2D eigenvalue weighted by molar-refractivity contribution is -0.275. The number of alkyl halides is 3. The van der Waals surface area contributed by atoms with Crippen LogP contribution in [0.15, 0.2) is 60.8 Å². The summed E-state index contributed by atoms with van der Waals surface area (Å²) in [7, 11) is 0. The van der Waals surface area contributed by atoms with Crippen LogP contribution < -0.4 is 10.1 Å². The lowest BCUT2D eigenvalue weighted by Gasteiger charge is -2.12. The van der Waals surface area contributed by atoms with Gasteiger partial charge in [-0.3, -0.25) is 9.20 Å². The number of amides is 1. The smallest absolute Gasteiger partial charge is 0.403 e. The highest BCUT2D eigenvalue weighted by Crippen LogP contribution is 2.34. The number of carbonyl (C=O) groups excluding carboxylic acids is 1.